The zero-order valence-corrected chi connectivity index (χ0v) is 19.4. The number of hydrogen-bond donors (Lipinski definition) is 3. The molecule has 2 aromatic heterocycles. The van der Waals surface area contributed by atoms with E-state index in [4.69, 9.17) is 5.73 Å². The van der Waals surface area contributed by atoms with Crippen LogP contribution in [-0.2, 0) is 20.0 Å². The maximum atomic E-state index is 15.6. The zero-order valence-electron chi connectivity index (χ0n) is 19.4. The summed E-state index contributed by atoms with van der Waals surface area (Å²) in [6.45, 7) is 3.98. The number of rotatable bonds is 4. The zero-order chi connectivity index (χ0) is 24.9. The van der Waals surface area contributed by atoms with Crippen LogP contribution in [0.15, 0.2) is 36.7 Å². The van der Waals surface area contributed by atoms with E-state index < -0.39 is 17.6 Å². The molecule has 0 radical (unpaired) electrons. The minimum atomic E-state index is -0.732. The summed E-state index contributed by atoms with van der Waals surface area (Å²) < 4.78 is 18.7. The fourth-order valence-electron chi connectivity index (χ4n) is 4.26. The lowest BCUT2D eigenvalue weighted by Crippen LogP contribution is -2.16. The van der Waals surface area contributed by atoms with Gasteiger partial charge < -0.3 is 11.1 Å². The molecule has 0 atom stereocenters. The number of halogens is 1. The number of benzene rings is 2. The van der Waals surface area contributed by atoms with Crippen LogP contribution in [0.2, 0.25) is 0 Å². The molecular formula is C24H23FN8O2. The molecule has 35 heavy (non-hydrogen) atoms. The molecule has 4 N–H and O–H groups in total. The summed E-state index contributed by atoms with van der Waals surface area (Å²) in [7, 11) is 1.67. The van der Waals surface area contributed by atoms with Gasteiger partial charge in [0.05, 0.1) is 0 Å². The quantitative estimate of drug-likeness (QED) is 0.416. The second-order valence-electron chi connectivity index (χ2n) is 8.49. The van der Waals surface area contributed by atoms with Crippen LogP contribution in [0.25, 0.3) is 11.3 Å². The van der Waals surface area contributed by atoms with Gasteiger partial charge in [-0.1, -0.05) is 17.7 Å². The monoisotopic (exact) mass is 474 g/mol. The van der Waals surface area contributed by atoms with Gasteiger partial charge in [0.1, 0.15) is 29.2 Å². The van der Waals surface area contributed by atoms with E-state index in [-0.39, 0.29) is 33.9 Å². The molecule has 178 valence electrons. The number of anilines is 3. The Bertz CT molecular complexity index is 1500. The molecule has 0 fully saturated rings. The van der Waals surface area contributed by atoms with Crippen molar-refractivity contribution >= 4 is 29.3 Å². The molecule has 5 rings (SSSR count). The standard InChI is InChI=1S/C24H23FN8O2/c1-12-4-7-17-14(10-12)8-9-33-22(28-17)18(21(26)34)20(30-33)16-6-5-15(13(2)19(16)25)23(35)29-24-27-11-32(3)31-24/h4-7,10-11,28H,8-9H2,1-3H3,(H2,26,34)(H,29,31,35). The summed E-state index contributed by atoms with van der Waals surface area (Å²) in [6, 6.07) is 8.89. The lowest BCUT2D eigenvalue weighted by Gasteiger charge is -2.11. The maximum absolute atomic E-state index is 15.6. The van der Waals surface area contributed by atoms with Gasteiger partial charge in [0.15, 0.2) is 0 Å². The molecule has 2 amide bonds. The Morgan fingerprint density at radius 3 is 2.69 bits per heavy atom. The highest BCUT2D eigenvalue weighted by molar-refractivity contribution is 6.06. The van der Waals surface area contributed by atoms with Crippen molar-refractivity contribution in [3.63, 3.8) is 0 Å². The smallest absolute Gasteiger partial charge is 0.258 e. The average Bonchev–Trinajstić information content (AvgIpc) is 3.33. The first-order valence-corrected chi connectivity index (χ1v) is 11.0. The lowest BCUT2D eigenvalue weighted by molar-refractivity contribution is 0.0998. The molecule has 3 heterocycles. The highest BCUT2D eigenvalue weighted by atomic mass is 19.1. The number of carbonyl (C=O) groups is 2. The van der Waals surface area contributed by atoms with E-state index in [9.17, 15) is 9.59 Å². The Morgan fingerprint density at radius 2 is 1.97 bits per heavy atom. The van der Waals surface area contributed by atoms with Gasteiger partial charge in [-0.2, -0.15) is 5.10 Å². The van der Waals surface area contributed by atoms with Crippen molar-refractivity contribution in [3.8, 4) is 11.3 Å². The number of fused-ring (bicyclic) bond motifs is 2. The largest absolute Gasteiger partial charge is 0.365 e. The number of hydrogen-bond acceptors (Lipinski definition) is 6. The van der Waals surface area contributed by atoms with Crippen molar-refractivity contribution in [3.05, 3.63) is 70.3 Å². The first-order valence-electron chi connectivity index (χ1n) is 11.0. The van der Waals surface area contributed by atoms with E-state index in [0.717, 1.165) is 16.8 Å². The SMILES string of the molecule is Cc1ccc2c(c1)CCn1nc(-c3ccc(C(=O)Nc4ncn(C)n4)c(C)c3F)c(C(N)=O)c1N2. The molecule has 10 nitrogen and oxygen atoms in total. The second-order valence-corrected chi connectivity index (χ2v) is 8.49. The van der Waals surface area contributed by atoms with Crippen LogP contribution < -0.4 is 16.4 Å². The van der Waals surface area contributed by atoms with Crippen LogP contribution in [0.1, 0.15) is 37.4 Å². The Labute approximate surface area is 200 Å². The van der Waals surface area contributed by atoms with Crippen molar-refractivity contribution in [2.75, 3.05) is 10.6 Å². The molecule has 2 aromatic carbocycles. The summed E-state index contributed by atoms with van der Waals surface area (Å²) in [5.74, 6) is -1.43. The van der Waals surface area contributed by atoms with Gasteiger partial charge in [-0.05, 0) is 49.6 Å². The highest BCUT2D eigenvalue weighted by Crippen LogP contribution is 2.36. The molecule has 0 saturated carbocycles. The van der Waals surface area contributed by atoms with Gasteiger partial charge in [0, 0.05) is 30.4 Å². The number of nitrogens with zero attached hydrogens (tertiary/aromatic N) is 5. The summed E-state index contributed by atoms with van der Waals surface area (Å²) in [4.78, 5) is 29.1. The Balaban J connectivity index is 1.55. The Morgan fingerprint density at radius 1 is 1.17 bits per heavy atom. The minimum Gasteiger partial charge on any atom is -0.365 e. The molecular weight excluding hydrogens is 451 g/mol. The first kappa shape index (κ1) is 22.3. The van der Waals surface area contributed by atoms with Crippen LogP contribution in [0, 0.1) is 19.7 Å². The number of carbonyl (C=O) groups excluding carboxylic acids is 2. The number of aryl methyl sites for hydroxylation is 4. The van der Waals surface area contributed by atoms with Gasteiger partial charge in [-0.15, -0.1) is 5.10 Å². The topological polar surface area (TPSA) is 133 Å². The molecule has 0 saturated heterocycles. The van der Waals surface area contributed by atoms with E-state index in [1.807, 2.05) is 19.1 Å². The molecule has 0 spiro atoms. The van der Waals surface area contributed by atoms with E-state index in [1.165, 1.54) is 30.1 Å². The van der Waals surface area contributed by atoms with Crippen LogP contribution in [-0.4, -0.2) is 36.4 Å². The minimum absolute atomic E-state index is 0.0790. The summed E-state index contributed by atoms with van der Waals surface area (Å²) in [6.07, 6.45) is 2.12. The predicted molar refractivity (Wildman–Crippen MR) is 128 cm³/mol. The van der Waals surface area contributed by atoms with Crippen LogP contribution >= 0.6 is 0 Å². The third-order valence-corrected chi connectivity index (χ3v) is 6.02. The van der Waals surface area contributed by atoms with Crippen LogP contribution in [0.5, 0.6) is 0 Å². The number of primary amides is 1. The molecule has 4 aromatic rings. The highest BCUT2D eigenvalue weighted by Gasteiger charge is 2.28. The molecule has 1 aliphatic heterocycles. The third-order valence-electron chi connectivity index (χ3n) is 6.02. The summed E-state index contributed by atoms with van der Waals surface area (Å²) in [5.41, 5.74) is 9.30. The van der Waals surface area contributed by atoms with Gasteiger partial charge in [0.25, 0.3) is 11.8 Å². The van der Waals surface area contributed by atoms with Gasteiger partial charge in [-0.3, -0.25) is 19.6 Å². The normalized spacial score (nSPS) is 12.3. The summed E-state index contributed by atoms with van der Waals surface area (Å²) in [5, 5.41) is 14.3. The van der Waals surface area contributed by atoms with Crippen LogP contribution in [0.4, 0.5) is 21.8 Å². The Kier molecular flexibility index (Phi) is 5.31. The predicted octanol–water partition coefficient (Wildman–Crippen LogP) is 3.09. The first-order chi connectivity index (χ1) is 16.7. The number of amides is 2. The third kappa shape index (κ3) is 3.90. The molecule has 0 aliphatic carbocycles. The molecule has 1 aliphatic rings. The van der Waals surface area contributed by atoms with E-state index in [0.29, 0.717) is 18.8 Å². The maximum Gasteiger partial charge on any atom is 0.258 e. The number of nitrogens with two attached hydrogens (primary N) is 1. The van der Waals surface area contributed by atoms with Crippen molar-refractivity contribution in [2.45, 2.75) is 26.8 Å². The fourth-order valence-corrected chi connectivity index (χ4v) is 4.26. The number of nitrogens with one attached hydrogen (secondary N) is 2. The molecule has 0 unspecified atom stereocenters. The van der Waals surface area contributed by atoms with E-state index in [1.54, 1.807) is 11.7 Å². The molecule has 0 bridgehead atoms. The van der Waals surface area contributed by atoms with Crippen molar-refractivity contribution in [1.29, 1.82) is 0 Å². The second kappa shape index (κ2) is 8.35. The van der Waals surface area contributed by atoms with E-state index >= 15 is 4.39 Å². The fraction of sp³-hybridized carbons (Fsp3) is 0.208. The van der Waals surface area contributed by atoms with E-state index in [2.05, 4.69) is 31.9 Å². The Hall–Kier alpha value is -4.54. The van der Waals surface area contributed by atoms with Crippen molar-refractivity contribution in [2.24, 2.45) is 12.8 Å². The van der Waals surface area contributed by atoms with Gasteiger partial charge in [-0.25, -0.2) is 14.1 Å². The average molecular weight is 475 g/mol. The number of aromatic nitrogens is 5. The van der Waals surface area contributed by atoms with Gasteiger partial charge in [0.2, 0.25) is 5.95 Å². The van der Waals surface area contributed by atoms with Crippen molar-refractivity contribution < 1.29 is 14.0 Å². The van der Waals surface area contributed by atoms with Crippen LogP contribution in [0.3, 0.4) is 0 Å². The summed E-state index contributed by atoms with van der Waals surface area (Å²) >= 11 is 0. The van der Waals surface area contributed by atoms with Crippen molar-refractivity contribution in [1.82, 2.24) is 24.5 Å². The molecule has 11 heteroatoms. The van der Waals surface area contributed by atoms with Gasteiger partial charge >= 0.3 is 0 Å². The lowest BCUT2D eigenvalue weighted by atomic mass is 9.99.